The molecule has 2 aromatic rings. The molecule has 0 spiro atoms. The predicted octanol–water partition coefficient (Wildman–Crippen LogP) is 9.99. The first-order valence-electron chi connectivity index (χ1n) is 14.1. The van der Waals surface area contributed by atoms with Gasteiger partial charge in [-0.2, -0.15) is 0 Å². The van der Waals surface area contributed by atoms with E-state index in [-0.39, 0.29) is 0 Å². The SMILES string of the molecule is CCCCCCCCCc1ccc(C)cc1O.CCCCCCCCCc1cccc(C)c1O. The van der Waals surface area contributed by atoms with E-state index in [1.807, 2.05) is 38.1 Å². The monoisotopic (exact) mass is 468 g/mol. The number of aromatic hydroxyl groups is 2. The van der Waals surface area contributed by atoms with Gasteiger partial charge in [-0.15, -0.1) is 0 Å². The minimum Gasteiger partial charge on any atom is -0.508 e. The summed E-state index contributed by atoms with van der Waals surface area (Å²) in [6.45, 7) is 8.47. The Kier molecular flexibility index (Phi) is 17.1. The molecule has 2 heteroatoms. The van der Waals surface area contributed by atoms with Crippen LogP contribution in [0.5, 0.6) is 11.5 Å². The van der Waals surface area contributed by atoms with E-state index in [0.717, 1.165) is 35.1 Å². The van der Waals surface area contributed by atoms with Gasteiger partial charge in [0, 0.05) is 0 Å². The molecule has 0 radical (unpaired) electrons. The van der Waals surface area contributed by atoms with E-state index < -0.39 is 0 Å². The van der Waals surface area contributed by atoms with Gasteiger partial charge in [-0.3, -0.25) is 0 Å². The molecule has 0 aromatic heterocycles. The molecule has 192 valence electrons. The molecule has 2 nitrogen and oxygen atoms in total. The zero-order valence-electron chi connectivity index (χ0n) is 22.7. The van der Waals surface area contributed by atoms with Gasteiger partial charge in [-0.05, 0) is 67.9 Å². The highest BCUT2D eigenvalue weighted by Crippen LogP contribution is 2.23. The third-order valence-electron chi connectivity index (χ3n) is 6.66. The standard InChI is InChI=1S/2C16H26O/c1-3-4-5-6-7-8-9-12-15-13-10-11-14(2)16(15)17;1-3-4-5-6-7-8-9-10-15-12-11-14(2)13-16(15)17/h10-11,13,17H,3-9,12H2,1-2H3;11-13,17H,3-10H2,1-2H3. The number of unbranched alkanes of at least 4 members (excludes halogenated alkanes) is 12. The van der Waals surface area contributed by atoms with E-state index >= 15 is 0 Å². The number of hydrogen-bond acceptors (Lipinski definition) is 2. The Hall–Kier alpha value is -1.96. The zero-order chi connectivity index (χ0) is 25.0. The highest BCUT2D eigenvalue weighted by atomic mass is 16.3. The first-order chi connectivity index (χ1) is 16.5. The molecule has 0 unspecified atom stereocenters. The van der Waals surface area contributed by atoms with Crippen molar-refractivity contribution < 1.29 is 10.2 Å². The lowest BCUT2D eigenvalue weighted by Gasteiger charge is -2.06. The maximum absolute atomic E-state index is 9.87. The van der Waals surface area contributed by atoms with Crippen LogP contribution in [0.15, 0.2) is 36.4 Å². The summed E-state index contributed by atoms with van der Waals surface area (Å²) in [5.41, 5.74) is 4.33. The van der Waals surface area contributed by atoms with E-state index in [2.05, 4.69) is 26.0 Å². The van der Waals surface area contributed by atoms with Crippen LogP contribution < -0.4 is 0 Å². The second-order valence-electron chi connectivity index (χ2n) is 9.96. The van der Waals surface area contributed by atoms with Gasteiger partial charge >= 0.3 is 0 Å². The first-order valence-corrected chi connectivity index (χ1v) is 14.1. The van der Waals surface area contributed by atoms with Gasteiger partial charge in [0.25, 0.3) is 0 Å². The molecule has 0 amide bonds. The summed E-state index contributed by atoms with van der Waals surface area (Å²) < 4.78 is 0. The molecule has 2 N–H and O–H groups in total. The average Bonchev–Trinajstić information content (AvgIpc) is 2.82. The topological polar surface area (TPSA) is 40.5 Å². The predicted molar refractivity (Wildman–Crippen MR) is 149 cm³/mol. The van der Waals surface area contributed by atoms with E-state index in [1.54, 1.807) is 0 Å². The summed E-state index contributed by atoms with van der Waals surface area (Å²) in [5.74, 6) is 0.967. The van der Waals surface area contributed by atoms with Crippen LogP contribution in [0.1, 0.15) is 126 Å². The third-order valence-corrected chi connectivity index (χ3v) is 6.66. The van der Waals surface area contributed by atoms with Gasteiger partial charge < -0.3 is 10.2 Å². The van der Waals surface area contributed by atoms with Gasteiger partial charge in [-0.1, -0.05) is 121 Å². The van der Waals surface area contributed by atoms with Crippen LogP contribution in [0.4, 0.5) is 0 Å². The van der Waals surface area contributed by atoms with Gasteiger partial charge in [0.1, 0.15) is 11.5 Å². The minimum absolute atomic E-state index is 0.469. The Balaban J connectivity index is 0.000000340. The van der Waals surface area contributed by atoms with Gasteiger partial charge in [0.05, 0.1) is 0 Å². The third kappa shape index (κ3) is 13.7. The average molecular weight is 469 g/mol. The molecule has 0 atom stereocenters. The summed E-state index contributed by atoms with van der Waals surface area (Å²) in [7, 11) is 0. The number of benzene rings is 2. The van der Waals surface area contributed by atoms with Crippen molar-refractivity contribution >= 4 is 0 Å². The Morgan fingerprint density at radius 1 is 0.559 bits per heavy atom. The summed E-state index contributed by atoms with van der Waals surface area (Å²) in [6.07, 6.45) is 20.6. The van der Waals surface area contributed by atoms with Gasteiger partial charge in [-0.25, -0.2) is 0 Å². The maximum atomic E-state index is 9.87. The molecule has 2 rings (SSSR count). The lowest BCUT2D eigenvalue weighted by atomic mass is 10.0. The molecule has 2 aromatic carbocycles. The molecule has 0 saturated carbocycles. The number of rotatable bonds is 16. The van der Waals surface area contributed by atoms with E-state index in [9.17, 15) is 10.2 Å². The van der Waals surface area contributed by atoms with Crippen molar-refractivity contribution in [1.82, 2.24) is 0 Å². The lowest BCUT2D eigenvalue weighted by Crippen LogP contribution is -1.89. The van der Waals surface area contributed by atoms with Crippen molar-refractivity contribution in [1.29, 1.82) is 0 Å². The Bertz CT molecular complexity index is 766. The van der Waals surface area contributed by atoms with Crippen LogP contribution in [-0.4, -0.2) is 10.2 Å². The highest BCUT2D eigenvalue weighted by Gasteiger charge is 2.03. The van der Waals surface area contributed by atoms with Gasteiger partial charge in [0.15, 0.2) is 0 Å². The molecule has 34 heavy (non-hydrogen) atoms. The Morgan fingerprint density at radius 2 is 1.06 bits per heavy atom. The first kappa shape index (κ1) is 30.1. The smallest absolute Gasteiger partial charge is 0.121 e. The number of phenolic OH excluding ortho intramolecular Hbond substituents is 2. The molecular weight excluding hydrogens is 416 g/mol. The van der Waals surface area contributed by atoms with Crippen LogP contribution in [0, 0.1) is 13.8 Å². The largest absolute Gasteiger partial charge is 0.508 e. The van der Waals surface area contributed by atoms with Gasteiger partial charge in [0.2, 0.25) is 0 Å². The molecule has 0 bridgehead atoms. The maximum Gasteiger partial charge on any atom is 0.121 e. The fraction of sp³-hybridized carbons (Fsp3) is 0.625. The minimum atomic E-state index is 0.469. The highest BCUT2D eigenvalue weighted by molar-refractivity contribution is 5.39. The van der Waals surface area contributed by atoms with Crippen molar-refractivity contribution in [2.24, 2.45) is 0 Å². The molecule has 0 saturated heterocycles. The van der Waals surface area contributed by atoms with Crippen molar-refractivity contribution in [2.75, 3.05) is 0 Å². The van der Waals surface area contributed by atoms with Crippen LogP contribution in [-0.2, 0) is 12.8 Å². The lowest BCUT2D eigenvalue weighted by molar-refractivity contribution is 0.461. The molecular formula is C32H52O2. The normalized spacial score (nSPS) is 10.7. The second-order valence-corrected chi connectivity index (χ2v) is 9.96. The van der Waals surface area contributed by atoms with E-state index in [4.69, 9.17) is 0 Å². The van der Waals surface area contributed by atoms with Crippen molar-refractivity contribution in [3.8, 4) is 11.5 Å². The molecule has 0 fully saturated rings. The van der Waals surface area contributed by atoms with Crippen molar-refractivity contribution in [2.45, 2.75) is 130 Å². The Labute approximate surface area is 210 Å². The van der Waals surface area contributed by atoms with Crippen LogP contribution in [0.2, 0.25) is 0 Å². The number of para-hydroxylation sites is 1. The van der Waals surface area contributed by atoms with Crippen LogP contribution in [0.3, 0.4) is 0 Å². The summed E-state index contributed by atoms with van der Waals surface area (Å²) in [5, 5.41) is 19.6. The quantitative estimate of drug-likeness (QED) is 0.241. The summed E-state index contributed by atoms with van der Waals surface area (Å²) >= 11 is 0. The molecule has 0 aliphatic carbocycles. The van der Waals surface area contributed by atoms with Crippen molar-refractivity contribution in [3.63, 3.8) is 0 Å². The number of phenols is 2. The number of aryl methyl sites for hydroxylation is 4. The fourth-order valence-electron chi connectivity index (χ4n) is 4.35. The van der Waals surface area contributed by atoms with Crippen LogP contribution >= 0.6 is 0 Å². The van der Waals surface area contributed by atoms with Crippen molar-refractivity contribution in [3.05, 3.63) is 58.7 Å². The summed E-state index contributed by atoms with van der Waals surface area (Å²) in [4.78, 5) is 0. The molecule has 0 heterocycles. The zero-order valence-corrected chi connectivity index (χ0v) is 22.7. The number of hydrogen-bond donors (Lipinski definition) is 2. The van der Waals surface area contributed by atoms with E-state index in [1.165, 1.54) is 89.9 Å². The van der Waals surface area contributed by atoms with Crippen LogP contribution in [0.25, 0.3) is 0 Å². The molecule has 0 aliphatic rings. The van der Waals surface area contributed by atoms with E-state index in [0.29, 0.717) is 11.5 Å². The summed E-state index contributed by atoms with van der Waals surface area (Å²) in [6, 6.07) is 12.0. The Morgan fingerprint density at radius 3 is 1.59 bits per heavy atom. The second kappa shape index (κ2) is 19.4. The fourth-order valence-corrected chi connectivity index (χ4v) is 4.35. The molecule has 0 aliphatic heterocycles.